The molecule has 0 unspecified atom stereocenters. The third kappa shape index (κ3) is 1.86. The van der Waals surface area contributed by atoms with Gasteiger partial charge in [-0.1, -0.05) is 49.4 Å². The molecule has 0 bridgehead atoms. The van der Waals surface area contributed by atoms with Crippen LogP contribution < -0.4 is 0 Å². The van der Waals surface area contributed by atoms with E-state index < -0.39 is 0 Å². The molecule has 1 aliphatic rings. The summed E-state index contributed by atoms with van der Waals surface area (Å²) in [6.07, 6.45) is 2.36. The molecule has 86 valence electrons. The Bertz CT molecular complexity index is 539. The van der Waals surface area contributed by atoms with Crippen molar-refractivity contribution >= 4 is 0 Å². The molecule has 1 aliphatic carbocycles. The Balaban J connectivity index is 2.03. The predicted molar refractivity (Wildman–Crippen MR) is 68.4 cm³/mol. The SMILES string of the molecule is CC1(c2ccc(-c3ccccc3)c(F)c2)CC1. The molecule has 0 amide bonds. The van der Waals surface area contributed by atoms with Crippen molar-refractivity contribution in [3.63, 3.8) is 0 Å². The van der Waals surface area contributed by atoms with Gasteiger partial charge >= 0.3 is 0 Å². The summed E-state index contributed by atoms with van der Waals surface area (Å²) >= 11 is 0. The van der Waals surface area contributed by atoms with Crippen LogP contribution in [0.2, 0.25) is 0 Å². The summed E-state index contributed by atoms with van der Waals surface area (Å²) in [6, 6.07) is 15.4. The Labute approximate surface area is 101 Å². The Hall–Kier alpha value is -1.63. The Morgan fingerprint density at radius 2 is 1.71 bits per heavy atom. The molecule has 0 nitrogen and oxygen atoms in total. The van der Waals surface area contributed by atoms with E-state index in [0.717, 1.165) is 11.1 Å². The smallest absolute Gasteiger partial charge is 0.131 e. The summed E-state index contributed by atoms with van der Waals surface area (Å²) in [5.74, 6) is -0.109. The summed E-state index contributed by atoms with van der Waals surface area (Å²) in [5.41, 5.74) is 3.00. The van der Waals surface area contributed by atoms with E-state index in [1.165, 1.54) is 12.8 Å². The first-order chi connectivity index (χ1) is 8.19. The van der Waals surface area contributed by atoms with Gasteiger partial charge in [0.15, 0.2) is 0 Å². The standard InChI is InChI=1S/C16H15F/c1-16(9-10-16)13-7-8-14(15(17)11-13)12-5-3-2-4-6-12/h2-8,11H,9-10H2,1H3. The van der Waals surface area contributed by atoms with Crippen molar-refractivity contribution in [1.82, 2.24) is 0 Å². The molecule has 2 aromatic rings. The minimum atomic E-state index is -0.109. The first kappa shape index (κ1) is 10.5. The molecule has 0 heterocycles. The van der Waals surface area contributed by atoms with Gasteiger partial charge in [0.05, 0.1) is 0 Å². The monoisotopic (exact) mass is 226 g/mol. The molecule has 17 heavy (non-hydrogen) atoms. The van der Waals surface area contributed by atoms with E-state index in [-0.39, 0.29) is 11.2 Å². The zero-order chi connectivity index (χ0) is 11.9. The van der Waals surface area contributed by atoms with Gasteiger partial charge in [0.25, 0.3) is 0 Å². The highest BCUT2D eigenvalue weighted by Crippen LogP contribution is 2.48. The van der Waals surface area contributed by atoms with Crippen LogP contribution in [0.3, 0.4) is 0 Å². The van der Waals surface area contributed by atoms with Gasteiger partial charge < -0.3 is 0 Å². The zero-order valence-corrected chi connectivity index (χ0v) is 9.91. The fraction of sp³-hybridized carbons (Fsp3) is 0.250. The third-order valence-corrected chi connectivity index (χ3v) is 3.75. The van der Waals surface area contributed by atoms with Crippen LogP contribution >= 0.6 is 0 Å². The van der Waals surface area contributed by atoms with E-state index in [2.05, 4.69) is 13.0 Å². The third-order valence-electron chi connectivity index (χ3n) is 3.75. The maximum atomic E-state index is 14.1. The maximum Gasteiger partial charge on any atom is 0.131 e. The van der Waals surface area contributed by atoms with Crippen molar-refractivity contribution in [2.75, 3.05) is 0 Å². The number of hydrogen-bond donors (Lipinski definition) is 0. The molecule has 0 radical (unpaired) electrons. The largest absolute Gasteiger partial charge is 0.206 e. The summed E-state index contributed by atoms with van der Waals surface area (Å²) in [6.45, 7) is 2.20. The lowest BCUT2D eigenvalue weighted by molar-refractivity contribution is 0.624. The Morgan fingerprint density at radius 3 is 2.29 bits per heavy atom. The highest BCUT2D eigenvalue weighted by Gasteiger charge is 2.39. The second-order valence-electron chi connectivity index (χ2n) is 5.12. The van der Waals surface area contributed by atoms with Crippen molar-refractivity contribution in [1.29, 1.82) is 0 Å². The molecule has 0 N–H and O–H groups in total. The van der Waals surface area contributed by atoms with Crippen LogP contribution in [0.4, 0.5) is 4.39 Å². The molecule has 1 fully saturated rings. The van der Waals surface area contributed by atoms with E-state index in [1.807, 2.05) is 36.4 Å². The van der Waals surface area contributed by atoms with Gasteiger partial charge in [0, 0.05) is 5.56 Å². The molecule has 0 saturated heterocycles. The molecular formula is C16H15F. The van der Waals surface area contributed by atoms with Gasteiger partial charge in [0.1, 0.15) is 5.82 Å². The van der Waals surface area contributed by atoms with Gasteiger partial charge in [-0.05, 0) is 35.4 Å². The van der Waals surface area contributed by atoms with Crippen molar-refractivity contribution in [2.24, 2.45) is 0 Å². The van der Waals surface area contributed by atoms with Crippen LogP contribution in [0.25, 0.3) is 11.1 Å². The molecule has 3 rings (SSSR count). The van der Waals surface area contributed by atoms with Crippen LogP contribution in [0.1, 0.15) is 25.3 Å². The summed E-state index contributed by atoms with van der Waals surface area (Å²) in [7, 11) is 0. The van der Waals surface area contributed by atoms with Crippen molar-refractivity contribution in [2.45, 2.75) is 25.2 Å². The number of rotatable bonds is 2. The highest BCUT2D eigenvalue weighted by molar-refractivity contribution is 5.64. The average molecular weight is 226 g/mol. The van der Waals surface area contributed by atoms with Gasteiger partial charge in [-0.3, -0.25) is 0 Å². The normalized spacial score (nSPS) is 16.8. The van der Waals surface area contributed by atoms with E-state index in [1.54, 1.807) is 6.07 Å². The molecule has 1 saturated carbocycles. The van der Waals surface area contributed by atoms with Crippen molar-refractivity contribution in [3.05, 3.63) is 59.9 Å². The average Bonchev–Trinajstić information content (AvgIpc) is 3.10. The van der Waals surface area contributed by atoms with Crippen molar-refractivity contribution < 1.29 is 4.39 Å². The predicted octanol–water partition coefficient (Wildman–Crippen LogP) is 4.54. The van der Waals surface area contributed by atoms with E-state index >= 15 is 0 Å². The minimum Gasteiger partial charge on any atom is -0.206 e. The number of hydrogen-bond acceptors (Lipinski definition) is 0. The number of halogens is 1. The second kappa shape index (κ2) is 3.69. The fourth-order valence-electron chi connectivity index (χ4n) is 2.22. The van der Waals surface area contributed by atoms with Crippen LogP contribution in [0.5, 0.6) is 0 Å². The van der Waals surface area contributed by atoms with Gasteiger partial charge in [-0.25, -0.2) is 4.39 Å². The molecule has 0 atom stereocenters. The topological polar surface area (TPSA) is 0 Å². The van der Waals surface area contributed by atoms with E-state index in [9.17, 15) is 4.39 Å². The number of benzene rings is 2. The zero-order valence-electron chi connectivity index (χ0n) is 9.91. The second-order valence-corrected chi connectivity index (χ2v) is 5.12. The highest BCUT2D eigenvalue weighted by atomic mass is 19.1. The lowest BCUT2D eigenvalue weighted by Gasteiger charge is -2.11. The molecular weight excluding hydrogens is 211 g/mol. The van der Waals surface area contributed by atoms with Crippen LogP contribution in [0.15, 0.2) is 48.5 Å². The van der Waals surface area contributed by atoms with Crippen LogP contribution in [-0.2, 0) is 5.41 Å². The molecule has 2 aromatic carbocycles. The van der Waals surface area contributed by atoms with E-state index in [4.69, 9.17) is 0 Å². The van der Waals surface area contributed by atoms with Crippen LogP contribution in [0, 0.1) is 5.82 Å². The fourth-order valence-corrected chi connectivity index (χ4v) is 2.22. The molecule has 0 aromatic heterocycles. The molecule has 0 aliphatic heterocycles. The molecule has 0 spiro atoms. The van der Waals surface area contributed by atoms with Gasteiger partial charge in [-0.15, -0.1) is 0 Å². The maximum absolute atomic E-state index is 14.1. The summed E-state index contributed by atoms with van der Waals surface area (Å²) in [5, 5.41) is 0. The van der Waals surface area contributed by atoms with Gasteiger partial charge in [0.2, 0.25) is 0 Å². The van der Waals surface area contributed by atoms with E-state index in [0.29, 0.717) is 5.56 Å². The quantitative estimate of drug-likeness (QED) is 0.705. The summed E-state index contributed by atoms with van der Waals surface area (Å²) in [4.78, 5) is 0. The van der Waals surface area contributed by atoms with Gasteiger partial charge in [-0.2, -0.15) is 0 Å². The van der Waals surface area contributed by atoms with Crippen LogP contribution in [-0.4, -0.2) is 0 Å². The lowest BCUT2D eigenvalue weighted by atomic mass is 9.95. The Morgan fingerprint density at radius 1 is 1.00 bits per heavy atom. The lowest BCUT2D eigenvalue weighted by Crippen LogP contribution is -2.00. The first-order valence-corrected chi connectivity index (χ1v) is 6.04. The Kier molecular flexibility index (Phi) is 2.29. The minimum absolute atomic E-state index is 0.109. The van der Waals surface area contributed by atoms with Crippen molar-refractivity contribution in [3.8, 4) is 11.1 Å². The molecule has 1 heteroatoms. The summed E-state index contributed by atoms with van der Waals surface area (Å²) < 4.78 is 14.1. The first-order valence-electron chi connectivity index (χ1n) is 6.04.